The first-order valence-corrected chi connectivity index (χ1v) is 11.8. The van der Waals surface area contributed by atoms with Crippen molar-refractivity contribution in [2.45, 2.75) is 59.3 Å². The fourth-order valence-electron chi connectivity index (χ4n) is 5.04. The summed E-state index contributed by atoms with van der Waals surface area (Å²) in [6.45, 7) is 7.29. The predicted octanol–water partition coefficient (Wildman–Crippen LogP) is 5.05. The van der Waals surface area contributed by atoms with E-state index in [0.29, 0.717) is 24.4 Å². The standard InChI is InChI=1S/C27H35N2O3/c1-19(2)22-15-14-20(3)16-25(22)32-27(30)17-29-24-13-9-8-12-23(24)28(4)26(29)18-31-21-10-6-5-7-11-21/h5-13,19-20,22,25H,14-18H2,1-4H3/q+1/t20-,22-,25-/m1/s1. The first-order chi connectivity index (χ1) is 15.4. The second-order valence-electron chi connectivity index (χ2n) is 9.51. The summed E-state index contributed by atoms with van der Waals surface area (Å²) in [5, 5.41) is 0. The van der Waals surface area contributed by atoms with Crippen LogP contribution in [0.2, 0.25) is 0 Å². The molecule has 1 aliphatic carbocycles. The van der Waals surface area contributed by atoms with E-state index in [1.165, 1.54) is 6.42 Å². The highest BCUT2D eigenvalue weighted by molar-refractivity contribution is 5.76. The first-order valence-electron chi connectivity index (χ1n) is 11.8. The molecule has 0 radical (unpaired) electrons. The lowest BCUT2D eigenvalue weighted by molar-refractivity contribution is -0.655. The van der Waals surface area contributed by atoms with Crippen molar-refractivity contribution in [1.82, 2.24) is 4.57 Å². The number of hydrogen-bond donors (Lipinski definition) is 0. The maximum absolute atomic E-state index is 13.1. The highest BCUT2D eigenvalue weighted by Crippen LogP contribution is 2.35. The molecule has 0 amide bonds. The largest absolute Gasteiger partial charge is 0.481 e. The number of nitrogens with zero attached hydrogens (tertiary/aromatic N) is 2. The summed E-state index contributed by atoms with van der Waals surface area (Å²) in [5.74, 6) is 3.13. The van der Waals surface area contributed by atoms with Gasteiger partial charge in [0, 0.05) is 0 Å². The topological polar surface area (TPSA) is 44.3 Å². The molecule has 1 aliphatic rings. The average Bonchev–Trinajstić information content (AvgIpc) is 3.04. The third-order valence-electron chi connectivity index (χ3n) is 6.88. The molecule has 0 N–H and O–H groups in total. The maximum atomic E-state index is 13.1. The molecular formula is C27H35N2O3+. The normalized spacial score (nSPS) is 21.1. The molecule has 0 unspecified atom stereocenters. The molecule has 32 heavy (non-hydrogen) atoms. The van der Waals surface area contributed by atoms with Crippen LogP contribution in [-0.4, -0.2) is 16.6 Å². The molecule has 1 saturated carbocycles. The molecule has 0 aliphatic heterocycles. The van der Waals surface area contributed by atoms with Gasteiger partial charge in [-0.15, -0.1) is 0 Å². The SMILES string of the molecule is CC(C)[C@H]1CC[C@@H](C)C[C@H]1OC(=O)Cn1c(COc2ccccc2)[n+](C)c2ccccc21. The van der Waals surface area contributed by atoms with Gasteiger partial charge in [0.05, 0.1) is 7.05 Å². The number of rotatable bonds is 7. The van der Waals surface area contributed by atoms with Crippen molar-refractivity contribution >= 4 is 17.0 Å². The van der Waals surface area contributed by atoms with E-state index in [-0.39, 0.29) is 18.6 Å². The monoisotopic (exact) mass is 435 g/mol. The second kappa shape index (κ2) is 9.76. The number of para-hydroxylation sites is 3. The van der Waals surface area contributed by atoms with Crippen LogP contribution in [0.5, 0.6) is 5.75 Å². The number of carbonyl (C=O) groups excluding carboxylic acids is 1. The summed E-state index contributed by atoms with van der Waals surface area (Å²) in [7, 11) is 2.02. The Bertz CT molecular complexity index is 1060. The maximum Gasteiger partial charge on any atom is 0.348 e. The number of hydrogen-bond acceptors (Lipinski definition) is 3. The summed E-state index contributed by atoms with van der Waals surface area (Å²) >= 11 is 0. The molecule has 1 heterocycles. The van der Waals surface area contributed by atoms with E-state index in [1.807, 2.05) is 60.1 Å². The van der Waals surface area contributed by atoms with E-state index in [9.17, 15) is 4.79 Å². The lowest BCUT2D eigenvalue weighted by Gasteiger charge is -2.36. The molecule has 170 valence electrons. The molecule has 2 aromatic carbocycles. The highest BCUT2D eigenvalue weighted by atomic mass is 16.5. The summed E-state index contributed by atoms with van der Waals surface area (Å²) in [5.41, 5.74) is 2.08. The summed E-state index contributed by atoms with van der Waals surface area (Å²) in [4.78, 5) is 13.1. The van der Waals surface area contributed by atoms with E-state index < -0.39 is 0 Å². The molecule has 0 bridgehead atoms. The van der Waals surface area contributed by atoms with Gasteiger partial charge in [0.2, 0.25) is 0 Å². The van der Waals surface area contributed by atoms with Crippen molar-refractivity contribution in [2.24, 2.45) is 24.8 Å². The fraction of sp³-hybridized carbons (Fsp3) is 0.481. The van der Waals surface area contributed by atoms with Crippen molar-refractivity contribution in [1.29, 1.82) is 0 Å². The number of aryl methyl sites for hydroxylation is 1. The lowest BCUT2D eigenvalue weighted by Crippen LogP contribution is -2.37. The van der Waals surface area contributed by atoms with E-state index >= 15 is 0 Å². The smallest absolute Gasteiger partial charge is 0.348 e. The molecule has 1 aromatic heterocycles. The van der Waals surface area contributed by atoms with Crippen molar-refractivity contribution < 1.29 is 18.8 Å². The number of esters is 1. The van der Waals surface area contributed by atoms with Crippen LogP contribution in [0.4, 0.5) is 0 Å². The van der Waals surface area contributed by atoms with Gasteiger partial charge in [0.1, 0.15) is 11.9 Å². The summed E-state index contributed by atoms with van der Waals surface area (Å²) < 4.78 is 16.3. The first kappa shape index (κ1) is 22.4. The Morgan fingerprint density at radius 3 is 2.56 bits per heavy atom. The molecule has 1 fully saturated rings. The Hall–Kier alpha value is -2.82. The van der Waals surface area contributed by atoms with Crippen LogP contribution in [0, 0.1) is 17.8 Å². The zero-order valence-corrected chi connectivity index (χ0v) is 19.7. The van der Waals surface area contributed by atoms with Gasteiger partial charge in [-0.25, -0.2) is 13.9 Å². The van der Waals surface area contributed by atoms with Gasteiger partial charge in [-0.05, 0) is 54.9 Å². The Kier molecular flexibility index (Phi) is 6.83. The van der Waals surface area contributed by atoms with E-state index in [2.05, 4.69) is 31.4 Å². The molecule has 0 spiro atoms. The van der Waals surface area contributed by atoms with Crippen LogP contribution >= 0.6 is 0 Å². The van der Waals surface area contributed by atoms with Crippen LogP contribution in [0.25, 0.3) is 11.0 Å². The molecular weight excluding hydrogens is 400 g/mol. The van der Waals surface area contributed by atoms with E-state index in [0.717, 1.165) is 35.4 Å². The molecule has 5 nitrogen and oxygen atoms in total. The van der Waals surface area contributed by atoms with Crippen molar-refractivity contribution in [3.8, 4) is 5.75 Å². The molecule has 0 saturated heterocycles. The van der Waals surface area contributed by atoms with Gasteiger partial charge >= 0.3 is 5.97 Å². The molecule has 3 atom stereocenters. The average molecular weight is 436 g/mol. The Morgan fingerprint density at radius 1 is 1.09 bits per heavy atom. The summed E-state index contributed by atoms with van der Waals surface area (Å²) in [6.07, 6.45) is 3.31. The number of fused-ring (bicyclic) bond motifs is 1. The van der Waals surface area contributed by atoms with Crippen LogP contribution in [-0.2, 0) is 29.7 Å². The minimum absolute atomic E-state index is 0.00541. The van der Waals surface area contributed by atoms with Crippen LogP contribution in [0.15, 0.2) is 54.6 Å². The van der Waals surface area contributed by atoms with Gasteiger partial charge in [-0.2, -0.15) is 0 Å². The zero-order valence-electron chi connectivity index (χ0n) is 19.7. The molecule has 5 heteroatoms. The Balaban J connectivity index is 1.56. The fourth-order valence-corrected chi connectivity index (χ4v) is 5.04. The van der Waals surface area contributed by atoms with E-state index in [4.69, 9.17) is 9.47 Å². The summed E-state index contributed by atoms with van der Waals surface area (Å²) in [6, 6.07) is 17.9. The van der Waals surface area contributed by atoms with Gasteiger partial charge in [-0.3, -0.25) is 0 Å². The Labute approximate surface area is 191 Å². The third-order valence-corrected chi connectivity index (χ3v) is 6.88. The minimum Gasteiger partial charge on any atom is -0.481 e. The number of ether oxygens (including phenoxy) is 2. The van der Waals surface area contributed by atoms with Crippen molar-refractivity contribution in [3.63, 3.8) is 0 Å². The quantitative estimate of drug-likeness (QED) is 0.385. The third kappa shape index (κ3) is 4.82. The number of carbonyl (C=O) groups is 1. The van der Waals surface area contributed by atoms with Gasteiger partial charge in [0.15, 0.2) is 24.2 Å². The second-order valence-corrected chi connectivity index (χ2v) is 9.51. The number of benzene rings is 2. The van der Waals surface area contributed by atoms with Gasteiger partial charge in [0.25, 0.3) is 5.82 Å². The number of aromatic nitrogens is 2. The van der Waals surface area contributed by atoms with Gasteiger partial charge in [-0.1, -0.05) is 57.5 Å². The van der Waals surface area contributed by atoms with Crippen molar-refractivity contribution in [3.05, 3.63) is 60.4 Å². The van der Waals surface area contributed by atoms with E-state index in [1.54, 1.807) is 0 Å². The van der Waals surface area contributed by atoms with Crippen molar-refractivity contribution in [2.75, 3.05) is 0 Å². The number of imidazole rings is 1. The highest BCUT2D eigenvalue weighted by Gasteiger charge is 2.34. The van der Waals surface area contributed by atoms with Crippen LogP contribution in [0.1, 0.15) is 45.9 Å². The minimum atomic E-state index is -0.169. The molecule has 3 aromatic rings. The zero-order chi connectivity index (χ0) is 22.7. The van der Waals surface area contributed by atoms with Crippen LogP contribution < -0.4 is 9.30 Å². The molecule has 4 rings (SSSR count). The predicted molar refractivity (Wildman–Crippen MR) is 125 cm³/mol. The Morgan fingerprint density at radius 2 is 1.81 bits per heavy atom. The lowest BCUT2D eigenvalue weighted by atomic mass is 9.75. The van der Waals surface area contributed by atoms with Gasteiger partial charge < -0.3 is 9.47 Å². The van der Waals surface area contributed by atoms with Crippen LogP contribution in [0.3, 0.4) is 0 Å².